The van der Waals surface area contributed by atoms with Crippen molar-refractivity contribution in [3.05, 3.63) is 0 Å². The smallest absolute Gasteiger partial charge is 0.306 e. The summed E-state index contributed by atoms with van der Waals surface area (Å²) in [5, 5.41) is 0. The Morgan fingerprint density at radius 1 is 0.529 bits per heavy atom. The molecular formula is C29H56O5. The Morgan fingerprint density at radius 2 is 0.941 bits per heavy atom. The Hall–Kier alpha value is -0.940. The molecule has 0 atom stereocenters. The van der Waals surface area contributed by atoms with Crippen LogP contribution in [0.3, 0.4) is 0 Å². The van der Waals surface area contributed by atoms with E-state index in [2.05, 4.69) is 0 Å². The van der Waals surface area contributed by atoms with Crippen LogP contribution in [0.2, 0.25) is 0 Å². The fourth-order valence-electron chi connectivity index (χ4n) is 3.97. The maximum Gasteiger partial charge on any atom is 0.306 e. The third-order valence-corrected chi connectivity index (χ3v) is 5.83. The SMILES string of the molecule is CCOCCOCCCC(=O)CCCCCCCCCCCCCCCCC(=O)OC(C)(C)C. The Labute approximate surface area is 211 Å². The molecule has 0 bridgehead atoms. The van der Waals surface area contributed by atoms with Crippen LogP contribution in [0.1, 0.15) is 143 Å². The molecule has 0 N–H and O–H groups in total. The summed E-state index contributed by atoms with van der Waals surface area (Å²) in [4.78, 5) is 23.5. The number of ether oxygens (including phenoxy) is 3. The minimum absolute atomic E-state index is 0.0631. The molecule has 0 rings (SSSR count). The molecule has 5 heteroatoms. The first-order valence-corrected chi connectivity index (χ1v) is 14.2. The molecule has 34 heavy (non-hydrogen) atoms. The number of ketones is 1. The summed E-state index contributed by atoms with van der Waals surface area (Å²) in [6.45, 7) is 10.4. The number of carbonyl (C=O) groups excluding carboxylic acids is 2. The minimum atomic E-state index is -0.363. The molecule has 0 radical (unpaired) electrons. The zero-order valence-electron chi connectivity index (χ0n) is 23.1. The second-order valence-corrected chi connectivity index (χ2v) is 10.5. The molecule has 0 saturated heterocycles. The van der Waals surface area contributed by atoms with Gasteiger partial charge in [-0.05, 0) is 47.0 Å². The molecular weight excluding hydrogens is 428 g/mol. The van der Waals surface area contributed by atoms with Gasteiger partial charge in [0.05, 0.1) is 13.2 Å². The molecule has 0 amide bonds. The molecule has 202 valence electrons. The molecule has 0 spiro atoms. The van der Waals surface area contributed by atoms with E-state index in [0.29, 0.717) is 38.4 Å². The van der Waals surface area contributed by atoms with Gasteiger partial charge in [0.25, 0.3) is 0 Å². The quantitative estimate of drug-likeness (QED) is 0.0971. The van der Waals surface area contributed by atoms with E-state index in [9.17, 15) is 9.59 Å². The van der Waals surface area contributed by atoms with Crippen LogP contribution in [-0.4, -0.2) is 43.8 Å². The van der Waals surface area contributed by atoms with Gasteiger partial charge in [-0.15, -0.1) is 0 Å². The first-order valence-electron chi connectivity index (χ1n) is 14.2. The molecule has 0 aromatic carbocycles. The van der Waals surface area contributed by atoms with E-state index in [0.717, 1.165) is 38.7 Å². The average molecular weight is 485 g/mol. The lowest BCUT2D eigenvalue weighted by molar-refractivity contribution is -0.154. The molecule has 0 unspecified atom stereocenters. The maximum absolute atomic E-state index is 11.9. The highest BCUT2D eigenvalue weighted by atomic mass is 16.6. The van der Waals surface area contributed by atoms with Crippen LogP contribution in [0.5, 0.6) is 0 Å². The average Bonchev–Trinajstić information content (AvgIpc) is 2.77. The van der Waals surface area contributed by atoms with Gasteiger partial charge in [-0.25, -0.2) is 0 Å². The van der Waals surface area contributed by atoms with E-state index in [1.54, 1.807) is 0 Å². The van der Waals surface area contributed by atoms with E-state index >= 15 is 0 Å². The maximum atomic E-state index is 11.9. The van der Waals surface area contributed by atoms with Gasteiger partial charge in [-0.1, -0.05) is 77.0 Å². The summed E-state index contributed by atoms with van der Waals surface area (Å²) in [6.07, 6.45) is 20.2. The molecule has 0 fully saturated rings. The normalized spacial score (nSPS) is 11.6. The van der Waals surface area contributed by atoms with Crippen LogP contribution in [-0.2, 0) is 23.8 Å². The summed E-state index contributed by atoms with van der Waals surface area (Å²) in [5.41, 5.74) is -0.363. The number of carbonyl (C=O) groups is 2. The van der Waals surface area contributed by atoms with E-state index in [1.807, 2.05) is 27.7 Å². The zero-order chi connectivity index (χ0) is 25.3. The van der Waals surface area contributed by atoms with Crippen molar-refractivity contribution in [1.29, 1.82) is 0 Å². The standard InChI is InChI=1S/C29H56O5/c1-5-32-25-26-33-24-20-22-27(30)21-18-16-14-12-10-8-6-7-9-11-13-15-17-19-23-28(31)34-29(2,3)4/h5-26H2,1-4H3. The molecule has 0 aliphatic carbocycles. The topological polar surface area (TPSA) is 61.8 Å². The highest BCUT2D eigenvalue weighted by Crippen LogP contribution is 2.15. The number of unbranched alkanes of at least 4 members (excludes halogenated alkanes) is 13. The molecule has 0 heterocycles. The summed E-state index contributed by atoms with van der Waals surface area (Å²) >= 11 is 0. The largest absolute Gasteiger partial charge is 0.460 e. The van der Waals surface area contributed by atoms with Crippen molar-refractivity contribution in [3.8, 4) is 0 Å². The minimum Gasteiger partial charge on any atom is -0.460 e. The Balaban J connectivity index is 3.21. The lowest BCUT2D eigenvalue weighted by Crippen LogP contribution is -2.23. The number of rotatable bonds is 25. The van der Waals surface area contributed by atoms with Gasteiger partial charge in [0.1, 0.15) is 11.4 Å². The highest BCUT2D eigenvalue weighted by Gasteiger charge is 2.15. The van der Waals surface area contributed by atoms with E-state index < -0.39 is 0 Å². The summed E-state index contributed by atoms with van der Waals surface area (Å²) in [6, 6.07) is 0. The van der Waals surface area contributed by atoms with Gasteiger partial charge in [-0.2, -0.15) is 0 Å². The monoisotopic (exact) mass is 484 g/mol. The predicted octanol–water partition coefficient (Wildman–Crippen LogP) is 7.97. The van der Waals surface area contributed by atoms with Gasteiger partial charge in [0, 0.05) is 32.5 Å². The fraction of sp³-hybridized carbons (Fsp3) is 0.931. The first-order chi connectivity index (χ1) is 16.3. The number of esters is 1. The van der Waals surface area contributed by atoms with Crippen LogP contribution in [0.25, 0.3) is 0 Å². The van der Waals surface area contributed by atoms with Crippen LogP contribution in [0.15, 0.2) is 0 Å². The van der Waals surface area contributed by atoms with Gasteiger partial charge < -0.3 is 14.2 Å². The van der Waals surface area contributed by atoms with Crippen molar-refractivity contribution in [1.82, 2.24) is 0 Å². The second-order valence-electron chi connectivity index (χ2n) is 10.5. The van der Waals surface area contributed by atoms with E-state index in [-0.39, 0.29) is 11.6 Å². The molecule has 0 aromatic heterocycles. The molecule has 0 aromatic rings. The Bertz CT molecular complexity index is 470. The Morgan fingerprint density at radius 3 is 1.41 bits per heavy atom. The summed E-state index contributed by atoms with van der Waals surface area (Å²) in [7, 11) is 0. The summed E-state index contributed by atoms with van der Waals surface area (Å²) in [5.74, 6) is 0.323. The van der Waals surface area contributed by atoms with E-state index in [1.165, 1.54) is 70.6 Å². The molecule has 0 saturated carbocycles. The van der Waals surface area contributed by atoms with Crippen molar-refractivity contribution in [2.45, 2.75) is 149 Å². The molecule has 0 aliphatic heterocycles. The number of Topliss-reactive ketones (excluding diaryl/α,β-unsaturated/α-hetero) is 1. The van der Waals surface area contributed by atoms with Crippen molar-refractivity contribution in [3.63, 3.8) is 0 Å². The van der Waals surface area contributed by atoms with E-state index in [4.69, 9.17) is 14.2 Å². The van der Waals surface area contributed by atoms with Gasteiger partial charge in [-0.3, -0.25) is 9.59 Å². The molecule has 5 nitrogen and oxygen atoms in total. The van der Waals surface area contributed by atoms with Crippen molar-refractivity contribution in [2.24, 2.45) is 0 Å². The molecule has 0 aliphatic rings. The Kier molecular flexibility index (Phi) is 23.1. The second kappa shape index (κ2) is 23.8. The van der Waals surface area contributed by atoms with Crippen LogP contribution >= 0.6 is 0 Å². The number of hydrogen-bond acceptors (Lipinski definition) is 5. The highest BCUT2D eigenvalue weighted by molar-refractivity contribution is 5.78. The van der Waals surface area contributed by atoms with Gasteiger partial charge in [0.2, 0.25) is 0 Å². The third-order valence-electron chi connectivity index (χ3n) is 5.83. The van der Waals surface area contributed by atoms with Crippen LogP contribution < -0.4 is 0 Å². The predicted molar refractivity (Wildman–Crippen MR) is 141 cm³/mol. The van der Waals surface area contributed by atoms with Crippen molar-refractivity contribution >= 4 is 11.8 Å². The third kappa shape index (κ3) is 27.3. The first kappa shape index (κ1) is 33.1. The summed E-state index contributed by atoms with van der Waals surface area (Å²) < 4.78 is 16.0. The zero-order valence-corrected chi connectivity index (χ0v) is 23.1. The lowest BCUT2D eigenvalue weighted by Gasteiger charge is -2.19. The van der Waals surface area contributed by atoms with Crippen molar-refractivity contribution in [2.75, 3.05) is 26.4 Å². The van der Waals surface area contributed by atoms with Gasteiger partial charge in [0.15, 0.2) is 0 Å². The van der Waals surface area contributed by atoms with Crippen molar-refractivity contribution < 1.29 is 23.8 Å². The lowest BCUT2D eigenvalue weighted by atomic mass is 10.0. The van der Waals surface area contributed by atoms with Crippen LogP contribution in [0, 0.1) is 0 Å². The van der Waals surface area contributed by atoms with Crippen LogP contribution in [0.4, 0.5) is 0 Å². The number of hydrogen-bond donors (Lipinski definition) is 0. The van der Waals surface area contributed by atoms with Gasteiger partial charge >= 0.3 is 5.97 Å². The fourth-order valence-corrected chi connectivity index (χ4v) is 3.97.